The average molecular weight is 312 g/mol. The molecule has 0 amide bonds. The quantitative estimate of drug-likeness (QED) is 0.651. The zero-order valence-electron chi connectivity index (χ0n) is 13.9. The fourth-order valence-electron chi connectivity index (χ4n) is 2.26. The van der Waals surface area contributed by atoms with Gasteiger partial charge < -0.3 is 15.8 Å². The first-order valence-electron chi connectivity index (χ1n) is 7.71. The molecule has 0 fully saturated rings. The van der Waals surface area contributed by atoms with Gasteiger partial charge in [0.05, 0.1) is 6.42 Å². The highest BCUT2D eigenvalue weighted by Crippen LogP contribution is 2.22. The monoisotopic (exact) mass is 312 g/mol. The molecule has 2 aromatic rings. The first-order valence-corrected chi connectivity index (χ1v) is 7.71. The molecule has 4 heteroatoms. The van der Waals surface area contributed by atoms with Crippen molar-refractivity contribution >= 4 is 17.3 Å². The summed E-state index contributed by atoms with van der Waals surface area (Å²) in [4.78, 5) is 12.1. The zero-order valence-corrected chi connectivity index (χ0v) is 13.9. The summed E-state index contributed by atoms with van der Waals surface area (Å²) in [6, 6.07) is 15.6. The van der Waals surface area contributed by atoms with E-state index in [1.807, 2.05) is 57.2 Å². The maximum Gasteiger partial charge on any atom is 0.310 e. The number of hydrogen-bond donors (Lipinski definition) is 2. The molecule has 0 atom stereocenters. The summed E-state index contributed by atoms with van der Waals surface area (Å²) in [7, 11) is 0. The Morgan fingerprint density at radius 1 is 1.13 bits per heavy atom. The third kappa shape index (κ3) is 5.66. The Morgan fingerprint density at radius 2 is 1.83 bits per heavy atom. The van der Waals surface area contributed by atoms with Crippen molar-refractivity contribution in [2.75, 3.05) is 11.1 Å². The molecule has 2 rings (SSSR count). The van der Waals surface area contributed by atoms with Gasteiger partial charge in [0.15, 0.2) is 0 Å². The fraction of sp³-hybridized carbons (Fsp3) is 0.316. The summed E-state index contributed by atoms with van der Waals surface area (Å²) < 4.78 is 5.39. The van der Waals surface area contributed by atoms with E-state index in [1.165, 1.54) is 5.56 Å². The number of carbonyl (C=O) groups is 1. The van der Waals surface area contributed by atoms with Crippen molar-refractivity contribution in [1.82, 2.24) is 0 Å². The number of nitrogens with one attached hydrogen (secondary N) is 1. The van der Waals surface area contributed by atoms with Gasteiger partial charge in [-0.15, -0.1) is 0 Å². The number of esters is 1. The normalized spacial score (nSPS) is 11.1. The molecule has 0 spiro atoms. The molecular formula is C19H24N2O2. The van der Waals surface area contributed by atoms with Crippen LogP contribution in [0.1, 0.15) is 31.9 Å². The minimum atomic E-state index is -0.491. The van der Waals surface area contributed by atoms with Crippen LogP contribution >= 0.6 is 0 Å². The van der Waals surface area contributed by atoms with Gasteiger partial charge in [0, 0.05) is 17.9 Å². The van der Waals surface area contributed by atoms with Crippen LogP contribution in [0.3, 0.4) is 0 Å². The molecule has 0 aliphatic heterocycles. The van der Waals surface area contributed by atoms with Gasteiger partial charge >= 0.3 is 5.97 Å². The Bertz CT molecular complexity index is 661. The number of rotatable bonds is 5. The minimum absolute atomic E-state index is 0.194. The van der Waals surface area contributed by atoms with Crippen molar-refractivity contribution < 1.29 is 9.53 Å². The molecule has 3 N–H and O–H groups in total. The Hall–Kier alpha value is -2.49. The first-order chi connectivity index (χ1) is 10.8. The van der Waals surface area contributed by atoms with Crippen LogP contribution in [0.4, 0.5) is 11.4 Å². The summed E-state index contributed by atoms with van der Waals surface area (Å²) in [6.45, 7) is 6.27. The second-order valence-electron chi connectivity index (χ2n) is 6.52. The highest BCUT2D eigenvalue weighted by atomic mass is 16.6. The standard InChI is InChI=1S/C19H24N2O2/c1-19(2,3)23-18(22)12-15-11-16(20)9-10-17(15)21-13-14-7-5-4-6-8-14/h4-11,21H,12-13,20H2,1-3H3. The number of anilines is 2. The molecule has 0 aromatic heterocycles. The number of nitrogens with two attached hydrogens (primary N) is 1. The Labute approximate surface area is 137 Å². The van der Waals surface area contributed by atoms with E-state index in [9.17, 15) is 4.79 Å². The molecule has 0 aliphatic rings. The molecule has 4 nitrogen and oxygen atoms in total. The number of nitrogen functional groups attached to an aromatic ring is 1. The van der Waals surface area contributed by atoms with Crippen LogP contribution in [0.25, 0.3) is 0 Å². The third-order valence-corrected chi connectivity index (χ3v) is 3.21. The summed E-state index contributed by atoms with van der Waals surface area (Å²) in [5.41, 5.74) is 8.91. The van der Waals surface area contributed by atoms with Crippen LogP contribution in [0.5, 0.6) is 0 Å². The van der Waals surface area contributed by atoms with E-state index in [1.54, 1.807) is 0 Å². The lowest BCUT2D eigenvalue weighted by Gasteiger charge is -2.20. The molecule has 2 aromatic carbocycles. The van der Waals surface area contributed by atoms with Gasteiger partial charge in [-0.25, -0.2) is 0 Å². The van der Waals surface area contributed by atoms with E-state index in [4.69, 9.17) is 10.5 Å². The highest BCUT2D eigenvalue weighted by Gasteiger charge is 2.17. The number of benzene rings is 2. The van der Waals surface area contributed by atoms with Crippen LogP contribution in [0, 0.1) is 0 Å². The van der Waals surface area contributed by atoms with E-state index in [0.717, 1.165) is 11.3 Å². The number of ether oxygens (including phenoxy) is 1. The van der Waals surface area contributed by atoms with E-state index < -0.39 is 5.60 Å². The van der Waals surface area contributed by atoms with Crippen molar-refractivity contribution in [1.29, 1.82) is 0 Å². The molecule has 23 heavy (non-hydrogen) atoms. The first kappa shape index (κ1) is 16.9. The van der Waals surface area contributed by atoms with Gasteiger partial charge in [0.2, 0.25) is 0 Å². The largest absolute Gasteiger partial charge is 0.460 e. The van der Waals surface area contributed by atoms with Gasteiger partial charge in [-0.3, -0.25) is 4.79 Å². The average Bonchev–Trinajstić information content (AvgIpc) is 2.45. The van der Waals surface area contributed by atoms with E-state index in [0.29, 0.717) is 12.2 Å². The van der Waals surface area contributed by atoms with Gasteiger partial charge in [-0.1, -0.05) is 30.3 Å². The molecule has 0 heterocycles. The summed E-state index contributed by atoms with van der Waals surface area (Å²) in [5.74, 6) is -0.258. The Kier molecular flexibility index (Phi) is 5.27. The van der Waals surface area contributed by atoms with Gasteiger partial charge in [-0.05, 0) is 50.1 Å². The lowest BCUT2D eigenvalue weighted by atomic mass is 10.1. The molecule has 0 saturated carbocycles. The highest BCUT2D eigenvalue weighted by molar-refractivity contribution is 5.76. The van der Waals surface area contributed by atoms with Crippen LogP contribution in [0.2, 0.25) is 0 Å². The maximum atomic E-state index is 12.1. The molecule has 0 radical (unpaired) electrons. The zero-order chi connectivity index (χ0) is 16.9. The molecule has 0 aliphatic carbocycles. The fourth-order valence-corrected chi connectivity index (χ4v) is 2.26. The van der Waals surface area contributed by atoms with Gasteiger partial charge in [0.25, 0.3) is 0 Å². The molecule has 0 bridgehead atoms. The third-order valence-electron chi connectivity index (χ3n) is 3.21. The number of hydrogen-bond acceptors (Lipinski definition) is 4. The minimum Gasteiger partial charge on any atom is -0.460 e. The molecule has 122 valence electrons. The van der Waals surface area contributed by atoms with Gasteiger partial charge in [-0.2, -0.15) is 0 Å². The van der Waals surface area contributed by atoms with E-state index in [2.05, 4.69) is 17.4 Å². The predicted octanol–water partition coefficient (Wildman–Crippen LogP) is 3.77. The molecular weight excluding hydrogens is 288 g/mol. The summed E-state index contributed by atoms with van der Waals surface area (Å²) in [6.07, 6.45) is 0.194. The maximum absolute atomic E-state index is 12.1. The Morgan fingerprint density at radius 3 is 2.48 bits per heavy atom. The van der Waals surface area contributed by atoms with Gasteiger partial charge in [0.1, 0.15) is 5.60 Å². The SMILES string of the molecule is CC(C)(C)OC(=O)Cc1cc(N)ccc1NCc1ccccc1. The smallest absolute Gasteiger partial charge is 0.310 e. The van der Waals surface area contributed by atoms with Crippen LogP contribution in [0.15, 0.2) is 48.5 Å². The molecule has 0 unspecified atom stereocenters. The number of carbonyl (C=O) groups excluding carboxylic acids is 1. The van der Waals surface area contributed by atoms with Crippen molar-refractivity contribution in [2.45, 2.75) is 39.3 Å². The topological polar surface area (TPSA) is 64.3 Å². The predicted molar refractivity (Wildman–Crippen MR) is 94.2 cm³/mol. The van der Waals surface area contributed by atoms with Crippen LogP contribution in [-0.4, -0.2) is 11.6 Å². The van der Waals surface area contributed by atoms with Crippen molar-refractivity contribution in [3.8, 4) is 0 Å². The van der Waals surface area contributed by atoms with Crippen molar-refractivity contribution in [2.24, 2.45) is 0 Å². The second-order valence-corrected chi connectivity index (χ2v) is 6.52. The Balaban J connectivity index is 2.09. The van der Waals surface area contributed by atoms with E-state index in [-0.39, 0.29) is 12.4 Å². The summed E-state index contributed by atoms with van der Waals surface area (Å²) in [5, 5.41) is 3.36. The lowest BCUT2D eigenvalue weighted by Crippen LogP contribution is -2.25. The van der Waals surface area contributed by atoms with E-state index >= 15 is 0 Å². The van der Waals surface area contributed by atoms with Crippen LogP contribution < -0.4 is 11.1 Å². The second kappa shape index (κ2) is 7.18. The van der Waals surface area contributed by atoms with Crippen molar-refractivity contribution in [3.63, 3.8) is 0 Å². The molecule has 0 saturated heterocycles. The van der Waals surface area contributed by atoms with Crippen LogP contribution in [-0.2, 0) is 22.5 Å². The summed E-state index contributed by atoms with van der Waals surface area (Å²) >= 11 is 0. The van der Waals surface area contributed by atoms with Crippen molar-refractivity contribution in [3.05, 3.63) is 59.7 Å². The lowest BCUT2D eigenvalue weighted by molar-refractivity contribution is -0.153.